The Labute approximate surface area is 174 Å². The number of carbonyl (C=O) groups excluding carboxylic acids is 3. The average molecular weight is 408 g/mol. The van der Waals surface area contributed by atoms with E-state index in [1.807, 2.05) is 29.2 Å². The van der Waals surface area contributed by atoms with Gasteiger partial charge >= 0.3 is 6.03 Å². The standard InChI is InChI=1S/C22H24N4O4/c1-23-21(29)25-12-10-22(11-13-25)18-5-3-2-4-17(18)20(28)26(22)14-15-6-8-16(9-7-15)19(27)24-30/h2-9,30H,10-14H2,1H3,(H,23,29)(H,24,27). The molecule has 8 heteroatoms. The number of nitrogens with one attached hydrogen (secondary N) is 2. The van der Waals surface area contributed by atoms with E-state index in [0.717, 1.165) is 11.1 Å². The summed E-state index contributed by atoms with van der Waals surface area (Å²) in [6.07, 6.45) is 1.32. The third-order valence-electron chi connectivity index (χ3n) is 6.17. The van der Waals surface area contributed by atoms with Crippen LogP contribution in [-0.4, -0.2) is 53.0 Å². The first-order valence-electron chi connectivity index (χ1n) is 9.91. The fourth-order valence-electron chi connectivity index (χ4n) is 4.57. The van der Waals surface area contributed by atoms with Crippen LogP contribution in [0.2, 0.25) is 0 Å². The summed E-state index contributed by atoms with van der Waals surface area (Å²) in [4.78, 5) is 40.6. The summed E-state index contributed by atoms with van der Waals surface area (Å²) in [6.45, 7) is 1.52. The second kappa shape index (κ2) is 7.79. The number of likely N-dealkylation sites (tertiary alicyclic amines) is 1. The first-order valence-corrected chi connectivity index (χ1v) is 9.91. The van der Waals surface area contributed by atoms with Crippen LogP contribution in [0.15, 0.2) is 48.5 Å². The number of piperidine rings is 1. The quantitative estimate of drug-likeness (QED) is 0.535. The van der Waals surface area contributed by atoms with Crippen LogP contribution in [0, 0.1) is 0 Å². The number of carbonyl (C=O) groups is 3. The molecule has 1 fully saturated rings. The Bertz CT molecular complexity index is 981. The van der Waals surface area contributed by atoms with E-state index in [-0.39, 0.29) is 11.9 Å². The number of rotatable bonds is 3. The van der Waals surface area contributed by atoms with Gasteiger partial charge in [0, 0.05) is 37.8 Å². The molecule has 2 aromatic carbocycles. The molecule has 156 valence electrons. The van der Waals surface area contributed by atoms with Gasteiger partial charge in [0.1, 0.15) is 0 Å². The predicted octanol–water partition coefficient (Wildman–Crippen LogP) is 2.09. The van der Waals surface area contributed by atoms with Gasteiger partial charge in [-0.2, -0.15) is 0 Å². The van der Waals surface area contributed by atoms with Crippen LogP contribution in [0.3, 0.4) is 0 Å². The molecule has 2 aliphatic heterocycles. The molecule has 2 aliphatic rings. The maximum Gasteiger partial charge on any atom is 0.317 e. The van der Waals surface area contributed by atoms with Crippen molar-refractivity contribution in [3.8, 4) is 0 Å². The van der Waals surface area contributed by atoms with Gasteiger partial charge < -0.3 is 15.1 Å². The van der Waals surface area contributed by atoms with E-state index in [2.05, 4.69) is 5.32 Å². The summed E-state index contributed by atoms with van der Waals surface area (Å²) in [7, 11) is 1.62. The number of benzene rings is 2. The fraction of sp³-hybridized carbons (Fsp3) is 0.318. The Hall–Kier alpha value is -3.39. The van der Waals surface area contributed by atoms with Gasteiger partial charge in [-0.05, 0) is 42.2 Å². The molecule has 0 bridgehead atoms. The first-order chi connectivity index (χ1) is 14.5. The van der Waals surface area contributed by atoms with E-state index in [1.54, 1.807) is 41.7 Å². The molecule has 8 nitrogen and oxygen atoms in total. The van der Waals surface area contributed by atoms with Crippen molar-refractivity contribution in [3.63, 3.8) is 0 Å². The van der Waals surface area contributed by atoms with Gasteiger partial charge in [-0.15, -0.1) is 0 Å². The minimum absolute atomic E-state index is 0.0174. The zero-order chi connectivity index (χ0) is 21.3. The number of urea groups is 1. The molecular formula is C22H24N4O4. The minimum atomic E-state index is -0.579. The van der Waals surface area contributed by atoms with Crippen LogP contribution < -0.4 is 10.8 Å². The summed E-state index contributed by atoms with van der Waals surface area (Å²) < 4.78 is 0. The lowest BCUT2D eigenvalue weighted by Gasteiger charge is -2.45. The van der Waals surface area contributed by atoms with Gasteiger partial charge in [0.15, 0.2) is 0 Å². The van der Waals surface area contributed by atoms with Crippen LogP contribution in [0.1, 0.15) is 44.7 Å². The predicted molar refractivity (Wildman–Crippen MR) is 109 cm³/mol. The molecule has 4 rings (SSSR count). The number of hydrogen-bond donors (Lipinski definition) is 3. The number of hydroxylamine groups is 1. The van der Waals surface area contributed by atoms with Crippen LogP contribution in [0.4, 0.5) is 4.79 Å². The smallest absolute Gasteiger partial charge is 0.317 e. The van der Waals surface area contributed by atoms with Crippen LogP contribution in [0.5, 0.6) is 0 Å². The first kappa shape index (κ1) is 19.9. The van der Waals surface area contributed by atoms with Gasteiger partial charge in [-0.1, -0.05) is 30.3 Å². The van der Waals surface area contributed by atoms with E-state index >= 15 is 0 Å². The number of hydrogen-bond acceptors (Lipinski definition) is 4. The molecule has 3 N–H and O–H groups in total. The second-order valence-electron chi connectivity index (χ2n) is 7.65. The SMILES string of the molecule is CNC(=O)N1CCC2(CC1)c1ccccc1C(=O)N2Cc1ccc(C(=O)NO)cc1. The van der Waals surface area contributed by atoms with Crippen molar-refractivity contribution in [2.75, 3.05) is 20.1 Å². The molecule has 0 atom stereocenters. The molecule has 0 radical (unpaired) electrons. The molecule has 0 aliphatic carbocycles. The Morgan fingerprint density at radius 2 is 1.73 bits per heavy atom. The highest BCUT2D eigenvalue weighted by Crippen LogP contribution is 2.47. The molecule has 1 saturated heterocycles. The Kier molecular flexibility index (Phi) is 5.17. The van der Waals surface area contributed by atoms with E-state index in [0.29, 0.717) is 43.6 Å². The van der Waals surface area contributed by atoms with Crippen LogP contribution in [-0.2, 0) is 12.1 Å². The van der Waals surface area contributed by atoms with Gasteiger partial charge in [0.2, 0.25) is 0 Å². The van der Waals surface area contributed by atoms with Crippen LogP contribution in [0.25, 0.3) is 0 Å². The van der Waals surface area contributed by atoms with E-state index in [9.17, 15) is 14.4 Å². The van der Waals surface area contributed by atoms with Gasteiger partial charge in [0.25, 0.3) is 11.8 Å². The van der Waals surface area contributed by atoms with Crippen LogP contribution >= 0.6 is 0 Å². The molecule has 1 spiro atoms. The Morgan fingerprint density at radius 3 is 2.37 bits per heavy atom. The third kappa shape index (κ3) is 3.19. The molecule has 0 saturated carbocycles. The molecule has 4 amide bonds. The lowest BCUT2D eigenvalue weighted by Crippen LogP contribution is -2.53. The maximum absolute atomic E-state index is 13.3. The molecule has 30 heavy (non-hydrogen) atoms. The van der Waals surface area contributed by atoms with E-state index < -0.39 is 11.4 Å². The highest BCUT2D eigenvalue weighted by atomic mass is 16.5. The summed E-state index contributed by atoms with van der Waals surface area (Å²) in [5.74, 6) is -0.597. The fourth-order valence-corrected chi connectivity index (χ4v) is 4.57. The highest BCUT2D eigenvalue weighted by Gasteiger charge is 2.50. The van der Waals surface area contributed by atoms with Crippen molar-refractivity contribution in [2.24, 2.45) is 0 Å². The Balaban J connectivity index is 1.64. The van der Waals surface area contributed by atoms with Crippen molar-refractivity contribution in [1.29, 1.82) is 0 Å². The van der Waals surface area contributed by atoms with E-state index in [4.69, 9.17) is 5.21 Å². The number of nitrogens with zero attached hydrogens (tertiary/aromatic N) is 2. The largest absolute Gasteiger partial charge is 0.341 e. The highest BCUT2D eigenvalue weighted by molar-refractivity contribution is 6.00. The van der Waals surface area contributed by atoms with Crippen molar-refractivity contribution in [3.05, 3.63) is 70.8 Å². The van der Waals surface area contributed by atoms with Crippen molar-refractivity contribution >= 4 is 17.8 Å². The number of fused-ring (bicyclic) bond motifs is 2. The molecule has 0 unspecified atom stereocenters. The molecule has 2 heterocycles. The van der Waals surface area contributed by atoms with E-state index in [1.165, 1.54) is 0 Å². The van der Waals surface area contributed by atoms with Crippen molar-refractivity contribution in [2.45, 2.75) is 24.9 Å². The number of amides is 4. The Morgan fingerprint density at radius 1 is 1.07 bits per heavy atom. The minimum Gasteiger partial charge on any atom is -0.341 e. The summed E-state index contributed by atoms with van der Waals surface area (Å²) in [5, 5.41) is 11.4. The summed E-state index contributed by atoms with van der Waals surface area (Å²) in [6, 6.07) is 14.4. The topological polar surface area (TPSA) is 102 Å². The van der Waals surface area contributed by atoms with Gasteiger partial charge in [-0.3, -0.25) is 14.8 Å². The lowest BCUT2D eigenvalue weighted by molar-refractivity contribution is 0.0292. The molecular weight excluding hydrogens is 384 g/mol. The molecule has 2 aromatic rings. The summed E-state index contributed by atoms with van der Waals surface area (Å²) in [5.41, 5.74) is 4.11. The zero-order valence-corrected chi connectivity index (χ0v) is 16.7. The summed E-state index contributed by atoms with van der Waals surface area (Å²) >= 11 is 0. The van der Waals surface area contributed by atoms with Gasteiger partial charge in [-0.25, -0.2) is 10.3 Å². The average Bonchev–Trinajstić information content (AvgIpc) is 3.02. The zero-order valence-electron chi connectivity index (χ0n) is 16.7. The lowest BCUT2D eigenvalue weighted by atomic mass is 9.80. The van der Waals surface area contributed by atoms with Crippen molar-refractivity contribution < 1.29 is 19.6 Å². The maximum atomic E-state index is 13.3. The molecule has 0 aromatic heterocycles. The van der Waals surface area contributed by atoms with Crippen molar-refractivity contribution in [1.82, 2.24) is 20.6 Å². The normalized spacial score (nSPS) is 17.1. The third-order valence-corrected chi connectivity index (χ3v) is 6.17. The monoisotopic (exact) mass is 408 g/mol. The second-order valence-corrected chi connectivity index (χ2v) is 7.65. The van der Waals surface area contributed by atoms with Gasteiger partial charge in [0.05, 0.1) is 5.54 Å².